The Morgan fingerprint density at radius 3 is 2.50 bits per heavy atom. The van der Waals surface area contributed by atoms with E-state index in [0.29, 0.717) is 13.2 Å². The zero-order chi connectivity index (χ0) is 17.7. The van der Waals surface area contributed by atoms with Gasteiger partial charge in [-0.15, -0.1) is 0 Å². The number of rotatable bonds is 7. The summed E-state index contributed by atoms with van der Waals surface area (Å²) in [7, 11) is 0. The van der Waals surface area contributed by atoms with Crippen molar-refractivity contribution in [2.75, 3.05) is 6.61 Å². The second-order valence-electron chi connectivity index (χ2n) is 7.56. The van der Waals surface area contributed by atoms with Gasteiger partial charge in [0.15, 0.2) is 0 Å². The number of alkyl carbamates (subject to hydrolysis) is 1. The summed E-state index contributed by atoms with van der Waals surface area (Å²) in [5, 5.41) is 2.93. The van der Waals surface area contributed by atoms with Crippen LogP contribution in [0.4, 0.5) is 4.79 Å². The van der Waals surface area contributed by atoms with Gasteiger partial charge in [-0.25, -0.2) is 4.79 Å². The highest BCUT2D eigenvalue weighted by atomic mass is 16.6. The lowest BCUT2D eigenvalue weighted by Crippen LogP contribution is -2.45. The number of carbonyl (C=O) groups excluding carboxylic acids is 1. The van der Waals surface area contributed by atoms with Gasteiger partial charge in [-0.2, -0.15) is 0 Å². The van der Waals surface area contributed by atoms with Crippen molar-refractivity contribution >= 4 is 6.09 Å². The molecule has 1 aromatic rings. The van der Waals surface area contributed by atoms with Gasteiger partial charge in [-0.3, -0.25) is 0 Å². The second-order valence-corrected chi connectivity index (χ2v) is 7.56. The predicted octanol–water partition coefficient (Wildman–Crippen LogP) is 3.52. The Bertz CT molecular complexity index is 524. The smallest absolute Gasteiger partial charge is 0.407 e. The molecule has 0 aliphatic carbocycles. The van der Waals surface area contributed by atoms with Crippen LogP contribution in [0.1, 0.15) is 40.2 Å². The molecule has 1 aliphatic rings. The Labute approximate surface area is 144 Å². The Morgan fingerprint density at radius 2 is 1.92 bits per heavy atom. The molecule has 1 heterocycles. The van der Waals surface area contributed by atoms with E-state index >= 15 is 0 Å². The van der Waals surface area contributed by atoms with E-state index < -0.39 is 11.7 Å². The number of epoxide rings is 1. The van der Waals surface area contributed by atoms with E-state index in [1.54, 1.807) is 0 Å². The number of hydrogen-bond acceptors (Lipinski definition) is 4. The van der Waals surface area contributed by atoms with Crippen LogP contribution in [0.3, 0.4) is 0 Å². The van der Waals surface area contributed by atoms with Crippen LogP contribution < -0.4 is 5.32 Å². The Balaban J connectivity index is 1.76. The number of amides is 1. The number of nitrogens with one attached hydrogen (secondary N) is 1. The number of ether oxygens (including phenoxy) is 3. The van der Waals surface area contributed by atoms with Crippen LogP contribution >= 0.6 is 0 Å². The van der Waals surface area contributed by atoms with Gasteiger partial charge < -0.3 is 19.5 Å². The fourth-order valence-corrected chi connectivity index (χ4v) is 2.55. The lowest BCUT2D eigenvalue weighted by atomic mass is 9.99. The molecule has 1 aliphatic heterocycles. The van der Waals surface area contributed by atoms with Crippen molar-refractivity contribution in [3.8, 4) is 0 Å². The SMILES string of the molecule is CC(C)[C@H](NC(=O)OC(C)(C)C)[C@H]1O[C@@H]1COCc1ccccc1. The van der Waals surface area contributed by atoms with E-state index in [0.717, 1.165) is 5.56 Å². The Morgan fingerprint density at radius 1 is 1.25 bits per heavy atom. The molecular formula is C19H29NO4. The third kappa shape index (κ3) is 6.13. The third-order valence-corrected chi connectivity index (χ3v) is 3.77. The van der Waals surface area contributed by atoms with E-state index in [2.05, 4.69) is 19.2 Å². The van der Waals surface area contributed by atoms with Crippen molar-refractivity contribution in [1.29, 1.82) is 0 Å². The van der Waals surface area contributed by atoms with Gasteiger partial charge in [0.25, 0.3) is 0 Å². The van der Waals surface area contributed by atoms with Gasteiger partial charge in [0.2, 0.25) is 0 Å². The van der Waals surface area contributed by atoms with Crippen LogP contribution in [0.2, 0.25) is 0 Å². The van der Waals surface area contributed by atoms with E-state index in [9.17, 15) is 4.79 Å². The lowest BCUT2D eigenvalue weighted by Gasteiger charge is -2.25. The summed E-state index contributed by atoms with van der Waals surface area (Å²) in [6.07, 6.45) is -0.398. The van der Waals surface area contributed by atoms with Crippen molar-refractivity contribution in [2.45, 2.75) is 65.1 Å². The first-order chi connectivity index (χ1) is 11.3. The minimum atomic E-state index is -0.506. The zero-order valence-corrected chi connectivity index (χ0v) is 15.2. The summed E-state index contributed by atoms with van der Waals surface area (Å²) in [5.41, 5.74) is 0.635. The van der Waals surface area contributed by atoms with E-state index in [4.69, 9.17) is 14.2 Å². The van der Waals surface area contributed by atoms with Gasteiger partial charge in [0.1, 0.15) is 17.8 Å². The summed E-state index contributed by atoms with van der Waals surface area (Å²) in [5.74, 6) is 0.252. The normalized spacial score (nSPS) is 21.4. The van der Waals surface area contributed by atoms with Gasteiger partial charge in [-0.05, 0) is 32.3 Å². The molecule has 5 heteroatoms. The van der Waals surface area contributed by atoms with Crippen molar-refractivity contribution < 1.29 is 19.0 Å². The van der Waals surface area contributed by atoms with Crippen LogP contribution in [0.5, 0.6) is 0 Å². The van der Waals surface area contributed by atoms with Gasteiger partial charge >= 0.3 is 6.09 Å². The Kier molecular flexibility index (Phi) is 6.24. The topological polar surface area (TPSA) is 60.1 Å². The molecule has 1 amide bonds. The molecule has 1 N–H and O–H groups in total. The molecule has 2 rings (SSSR count). The first kappa shape index (κ1) is 18.7. The predicted molar refractivity (Wildman–Crippen MR) is 92.8 cm³/mol. The highest BCUT2D eigenvalue weighted by Gasteiger charge is 2.47. The first-order valence-electron chi connectivity index (χ1n) is 8.53. The van der Waals surface area contributed by atoms with E-state index in [-0.39, 0.29) is 24.2 Å². The van der Waals surface area contributed by atoms with Crippen LogP contribution in [0.25, 0.3) is 0 Å². The van der Waals surface area contributed by atoms with Crippen molar-refractivity contribution in [2.24, 2.45) is 5.92 Å². The fraction of sp³-hybridized carbons (Fsp3) is 0.632. The zero-order valence-electron chi connectivity index (χ0n) is 15.2. The highest BCUT2D eigenvalue weighted by Crippen LogP contribution is 2.29. The van der Waals surface area contributed by atoms with Crippen molar-refractivity contribution in [3.63, 3.8) is 0 Å². The van der Waals surface area contributed by atoms with Crippen LogP contribution in [0.15, 0.2) is 30.3 Å². The molecule has 1 aromatic carbocycles. The number of carbonyl (C=O) groups is 1. The molecule has 24 heavy (non-hydrogen) atoms. The van der Waals surface area contributed by atoms with Gasteiger partial charge in [-0.1, -0.05) is 44.2 Å². The van der Waals surface area contributed by atoms with E-state index in [1.165, 1.54) is 0 Å². The molecule has 5 nitrogen and oxygen atoms in total. The molecule has 1 saturated heterocycles. The molecule has 3 atom stereocenters. The summed E-state index contributed by atoms with van der Waals surface area (Å²) < 4.78 is 16.8. The van der Waals surface area contributed by atoms with Crippen molar-refractivity contribution in [1.82, 2.24) is 5.32 Å². The highest BCUT2D eigenvalue weighted by molar-refractivity contribution is 5.68. The minimum Gasteiger partial charge on any atom is -0.444 e. The maximum atomic E-state index is 12.0. The molecule has 134 valence electrons. The molecular weight excluding hydrogens is 306 g/mol. The molecule has 0 radical (unpaired) electrons. The summed E-state index contributed by atoms with van der Waals surface area (Å²) >= 11 is 0. The molecule has 0 bridgehead atoms. The average Bonchev–Trinajstić information content (AvgIpc) is 3.23. The quantitative estimate of drug-likeness (QED) is 0.775. The summed E-state index contributed by atoms with van der Waals surface area (Å²) in [6, 6.07) is 9.96. The Hall–Kier alpha value is -1.59. The molecule has 0 aromatic heterocycles. The van der Waals surface area contributed by atoms with E-state index in [1.807, 2.05) is 51.1 Å². The first-order valence-corrected chi connectivity index (χ1v) is 8.53. The van der Waals surface area contributed by atoms with Crippen molar-refractivity contribution in [3.05, 3.63) is 35.9 Å². The molecule has 1 fully saturated rings. The van der Waals surface area contributed by atoms with Crippen LogP contribution in [0, 0.1) is 5.92 Å². The number of benzene rings is 1. The number of hydrogen-bond donors (Lipinski definition) is 1. The molecule has 0 spiro atoms. The monoisotopic (exact) mass is 335 g/mol. The minimum absolute atomic E-state index is 0.0201. The maximum Gasteiger partial charge on any atom is 0.407 e. The largest absolute Gasteiger partial charge is 0.444 e. The molecule has 0 saturated carbocycles. The lowest BCUT2D eigenvalue weighted by molar-refractivity contribution is 0.0478. The second kappa shape index (κ2) is 7.99. The standard InChI is InChI=1S/C19H29NO4/c1-13(2)16(20-18(21)24-19(3,4)5)17-15(23-17)12-22-11-14-9-7-6-8-10-14/h6-10,13,15-17H,11-12H2,1-5H3,(H,20,21)/t15-,16+,17+/m1/s1. The summed E-state index contributed by atoms with van der Waals surface area (Å²) in [4.78, 5) is 12.0. The van der Waals surface area contributed by atoms with Crippen LogP contribution in [-0.4, -0.2) is 36.6 Å². The maximum absolute atomic E-state index is 12.0. The average molecular weight is 335 g/mol. The molecule has 0 unspecified atom stereocenters. The van der Waals surface area contributed by atoms with Gasteiger partial charge in [0, 0.05) is 0 Å². The third-order valence-electron chi connectivity index (χ3n) is 3.77. The fourth-order valence-electron chi connectivity index (χ4n) is 2.55. The van der Waals surface area contributed by atoms with Gasteiger partial charge in [0.05, 0.1) is 19.3 Å². The summed E-state index contributed by atoms with van der Waals surface area (Å²) in [6.45, 7) is 10.8. The van der Waals surface area contributed by atoms with Crippen LogP contribution in [-0.2, 0) is 20.8 Å².